The molecule has 6 heteroatoms. The SMILES string of the molecule is CC(O)CCCNS(=O)(=O)c1ccc(CC#N)cc1. The summed E-state index contributed by atoms with van der Waals surface area (Å²) in [6, 6.07) is 8.25. The molecule has 1 aromatic rings. The van der Waals surface area contributed by atoms with Gasteiger partial charge in [0.15, 0.2) is 0 Å². The molecule has 1 aromatic carbocycles. The summed E-state index contributed by atoms with van der Waals surface area (Å²) in [5, 5.41) is 17.6. The van der Waals surface area contributed by atoms with Crippen molar-refractivity contribution in [2.45, 2.75) is 37.2 Å². The van der Waals surface area contributed by atoms with E-state index in [1.165, 1.54) is 12.1 Å². The van der Waals surface area contributed by atoms with Gasteiger partial charge in [-0.05, 0) is 37.5 Å². The molecule has 0 saturated carbocycles. The quantitative estimate of drug-likeness (QED) is 0.735. The Bertz CT molecular complexity index is 530. The van der Waals surface area contributed by atoms with Crippen LogP contribution < -0.4 is 4.72 Å². The summed E-state index contributed by atoms with van der Waals surface area (Å²) < 4.78 is 26.3. The maximum atomic E-state index is 11.9. The number of nitriles is 1. The van der Waals surface area contributed by atoms with Gasteiger partial charge in [0.25, 0.3) is 0 Å². The highest BCUT2D eigenvalue weighted by molar-refractivity contribution is 7.89. The van der Waals surface area contributed by atoms with Gasteiger partial charge in [-0.2, -0.15) is 5.26 Å². The van der Waals surface area contributed by atoms with Crippen LogP contribution in [0.25, 0.3) is 0 Å². The molecule has 0 aromatic heterocycles. The first kappa shape index (κ1) is 15.6. The minimum absolute atomic E-state index is 0.186. The third-order valence-corrected chi connectivity index (χ3v) is 4.08. The van der Waals surface area contributed by atoms with Gasteiger partial charge in [0.1, 0.15) is 0 Å². The van der Waals surface area contributed by atoms with Crippen LogP contribution in [0.3, 0.4) is 0 Å². The third-order valence-electron chi connectivity index (χ3n) is 2.61. The average Bonchev–Trinajstić information content (AvgIpc) is 2.36. The largest absolute Gasteiger partial charge is 0.393 e. The van der Waals surface area contributed by atoms with Gasteiger partial charge < -0.3 is 5.11 Å². The van der Waals surface area contributed by atoms with Crippen molar-refractivity contribution in [3.63, 3.8) is 0 Å². The molecule has 0 aliphatic heterocycles. The van der Waals surface area contributed by atoms with Crippen LogP contribution in [-0.2, 0) is 16.4 Å². The van der Waals surface area contributed by atoms with Gasteiger partial charge in [-0.25, -0.2) is 13.1 Å². The van der Waals surface area contributed by atoms with Crippen LogP contribution in [0.15, 0.2) is 29.2 Å². The molecule has 0 fully saturated rings. The molecule has 0 amide bonds. The summed E-state index contributed by atoms with van der Waals surface area (Å²) in [6.45, 7) is 1.97. The minimum atomic E-state index is -3.50. The van der Waals surface area contributed by atoms with Crippen molar-refractivity contribution in [1.29, 1.82) is 5.26 Å². The molecule has 0 aliphatic carbocycles. The van der Waals surface area contributed by atoms with Crippen LogP contribution in [0.1, 0.15) is 25.3 Å². The summed E-state index contributed by atoms with van der Waals surface area (Å²) >= 11 is 0. The minimum Gasteiger partial charge on any atom is -0.393 e. The Balaban J connectivity index is 2.59. The maximum absolute atomic E-state index is 11.9. The molecule has 0 spiro atoms. The molecule has 1 rings (SSSR count). The summed E-state index contributed by atoms with van der Waals surface area (Å²) in [6.07, 6.45) is 0.990. The van der Waals surface area contributed by atoms with E-state index >= 15 is 0 Å². The highest BCUT2D eigenvalue weighted by atomic mass is 32.2. The van der Waals surface area contributed by atoms with Crippen LogP contribution in [0, 0.1) is 11.3 Å². The molecule has 1 atom stereocenters. The molecular weight excluding hydrogens is 264 g/mol. The second-order valence-electron chi connectivity index (χ2n) is 4.37. The van der Waals surface area contributed by atoms with E-state index in [0.29, 0.717) is 19.4 Å². The Kier molecular flexibility index (Phi) is 5.96. The molecule has 5 nitrogen and oxygen atoms in total. The lowest BCUT2D eigenvalue weighted by atomic mass is 10.2. The molecule has 0 heterocycles. The van der Waals surface area contributed by atoms with E-state index in [-0.39, 0.29) is 11.3 Å². The van der Waals surface area contributed by atoms with Crippen molar-refractivity contribution in [2.24, 2.45) is 0 Å². The first-order chi connectivity index (χ1) is 8.95. The van der Waals surface area contributed by atoms with Crippen molar-refractivity contribution < 1.29 is 13.5 Å². The average molecular weight is 282 g/mol. The van der Waals surface area contributed by atoms with E-state index in [1.54, 1.807) is 19.1 Å². The number of nitrogens with one attached hydrogen (secondary N) is 1. The van der Waals surface area contributed by atoms with Crippen LogP contribution in [0.5, 0.6) is 0 Å². The van der Waals surface area contributed by atoms with Crippen molar-refractivity contribution in [3.8, 4) is 6.07 Å². The fraction of sp³-hybridized carbons (Fsp3) is 0.462. The topological polar surface area (TPSA) is 90.2 Å². The van der Waals surface area contributed by atoms with E-state index in [1.807, 2.05) is 6.07 Å². The van der Waals surface area contributed by atoms with Crippen LogP contribution in [0.2, 0.25) is 0 Å². The number of aliphatic hydroxyl groups excluding tert-OH is 1. The predicted molar refractivity (Wildman–Crippen MR) is 71.9 cm³/mol. The normalized spacial score (nSPS) is 12.9. The van der Waals surface area contributed by atoms with Gasteiger partial charge in [0.2, 0.25) is 10.0 Å². The monoisotopic (exact) mass is 282 g/mol. The zero-order valence-corrected chi connectivity index (χ0v) is 11.7. The smallest absolute Gasteiger partial charge is 0.240 e. The highest BCUT2D eigenvalue weighted by Gasteiger charge is 2.12. The number of nitrogens with zero attached hydrogens (tertiary/aromatic N) is 1. The van der Waals surface area contributed by atoms with Gasteiger partial charge in [-0.3, -0.25) is 0 Å². The predicted octanol–water partition coefficient (Wildman–Crippen LogP) is 1.19. The van der Waals surface area contributed by atoms with Crippen LogP contribution in [0.4, 0.5) is 0 Å². The van der Waals surface area contributed by atoms with Crippen molar-refractivity contribution in [1.82, 2.24) is 4.72 Å². The zero-order chi connectivity index (χ0) is 14.3. The number of benzene rings is 1. The molecule has 2 N–H and O–H groups in total. The highest BCUT2D eigenvalue weighted by Crippen LogP contribution is 2.11. The molecule has 0 radical (unpaired) electrons. The molecule has 19 heavy (non-hydrogen) atoms. The molecule has 1 unspecified atom stereocenters. The Hall–Kier alpha value is -1.42. The number of sulfonamides is 1. The first-order valence-corrected chi connectivity index (χ1v) is 7.57. The Morgan fingerprint density at radius 1 is 1.37 bits per heavy atom. The fourth-order valence-corrected chi connectivity index (χ4v) is 2.64. The summed E-state index contributed by atoms with van der Waals surface area (Å²) in [4.78, 5) is 0.186. The fourth-order valence-electron chi connectivity index (χ4n) is 1.57. The van der Waals surface area contributed by atoms with Gasteiger partial charge in [0, 0.05) is 6.54 Å². The van der Waals surface area contributed by atoms with Gasteiger partial charge in [-0.15, -0.1) is 0 Å². The van der Waals surface area contributed by atoms with E-state index in [4.69, 9.17) is 10.4 Å². The standard InChI is InChI=1S/C13H18N2O3S/c1-11(16)3-2-10-15-19(17,18)13-6-4-12(5-7-13)8-9-14/h4-7,11,15-16H,2-3,8,10H2,1H3. The molecule has 104 valence electrons. The number of hydrogen-bond acceptors (Lipinski definition) is 4. The number of rotatable bonds is 7. The Morgan fingerprint density at radius 3 is 2.53 bits per heavy atom. The van der Waals surface area contributed by atoms with Gasteiger partial charge >= 0.3 is 0 Å². The maximum Gasteiger partial charge on any atom is 0.240 e. The second-order valence-corrected chi connectivity index (χ2v) is 6.13. The van der Waals surface area contributed by atoms with Crippen molar-refractivity contribution >= 4 is 10.0 Å². The second kappa shape index (κ2) is 7.24. The zero-order valence-electron chi connectivity index (χ0n) is 10.8. The van der Waals surface area contributed by atoms with Crippen molar-refractivity contribution in [2.75, 3.05) is 6.54 Å². The summed E-state index contributed by atoms with van der Waals surface area (Å²) in [5.41, 5.74) is 0.788. The molecular formula is C13H18N2O3S. The Morgan fingerprint density at radius 2 is 2.00 bits per heavy atom. The molecule has 0 aliphatic rings. The lowest BCUT2D eigenvalue weighted by molar-refractivity contribution is 0.182. The van der Waals surface area contributed by atoms with Crippen LogP contribution >= 0.6 is 0 Å². The summed E-state index contributed by atoms with van der Waals surface area (Å²) in [5.74, 6) is 0. The summed E-state index contributed by atoms with van der Waals surface area (Å²) in [7, 11) is -3.50. The molecule has 0 saturated heterocycles. The third kappa shape index (κ3) is 5.39. The van der Waals surface area contributed by atoms with Crippen LogP contribution in [-0.4, -0.2) is 26.2 Å². The Labute approximate surface area is 113 Å². The lowest BCUT2D eigenvalue weighted by Gasteiger charge is -2.08. The molecule has 0 bridgehead atoms. The first-order valence-electron chi connectivity index (χ1n) is 6.09. The van der Waals surface area contributed by atoms with Gasteiger partial charge in [-0.1, -0.05) is 12.1 Å². The lowest BCUT2D eigenvalue weighted by Crippen LogP contribution is -2.25. The van der Waals surface area contributed by atoms with E-state index in [9.17, 15) is 8.42 Å². The van der Waals surface area contributed by atoms with E-state index in [2.05, 4.69) is 4.72 Å². The van der Waals surface area contributed by atoms with Crippen molar-refractivity contribution in [3.05, 3.63) is 29.8 Å². The van der Waals surface area contributed by atoms with E-state index < -0.39 is 16.1 Å². The number of hydrogen-bond donors (Lipinski definition) is 2. The number of aliphatic hydroxyl groups is 1. The van der Waals surface area contributed by atoms with Gasteiger partial charge in [0.05, 0.1) is 23.5 Å². The van der Waals surface area contributed by atoms with E-state index in [0.717, 1.165) is 5.56 Å².